The Kier molecular flexibility index (Phi) is 9.52. The highest BCUT2D eigenvalue weighted by Crippen LogP contribution is 2.03. The SMILES string of the molecule is CCOC(CCCNC(=O)CC)OCC. The summed E-state index contributed by atoms with van der Waals surface area (Å²) < 4.78 is 10.8. The summed E-state index contributed by atoms with van der Waals surface area (Å²) in [7, 11) is 0. The first-order valence-electron chi connectivity index (χ1n) is 5.74. The summed E-state index contributed by atoms with van der Waals surface area (Å²) in [5.41, 5.74) is 0. The van der Waals surface area contributed by atoms with Crippen molar-refractivity contribution in [2.75, 3.05) is 19.8 Å². The monoisotopic (exact) mass is 217 g/mol. The van der Waals surface area contributed by atoms with Crippen molar-refractivity contribution in [2.45, 2.75) is 46.3 Å². The Bertz CT molecular complexity index is 156. The van der Waals surface area contributed by atoms with E-state index in [2.05, 4.69) is 5.32 Å². The third kappa shape index (κ3) is 8.39. The maximum Gasteiger partial charge on any atom is 0.219 e. The molecule has 0 fully saturated rings. The predicted octanol–water partition coefficient (Wildman–Crippen LogP) is 1.69. The number of carbonyl (C=O) groups excluding carboxylic acids is 1. The van der Waals surface area contributed by atoms with E-state index >= 15 is 0 Å². The van der Waals surface area contributed by atoms with E-state index in [9.17, 15) is 4.79 Å². The van der Waals surface area contributed by atoms with Gasteiger partial charge in [-0.15, -0.1) is 0 Å². The maximum absolute atomic E-state index is 10.9. The lowest BCUT2D eigenvalue weighted by Crippen LogP contribution is -2.25. The van der Waals surface area contributed by atoms with Crippen LogP contribution in [0, 0.1) is 0 Å². The third-order valence-electron chi connectivity index (χ3n) is 1.97. The molecule has 0 saturated heterocycles. The van der Waals surface area contributed by atoms with Gasteiger partial charge in [0, 0.05) is 32.6 Å². The average Bonchev–Trinajstić information content (AvgIpc) is 2.24. The largest absolute Gasteiger partial charge is 0.356 e. The van der Waals surface area contributed by atoms with E-state index in [4.69, 9.17) is 9.47 Å². The Morgan fingerprint density at radius 2 is 1.80 bits per heavy atom. The van der Waals surface area contributed by atoms with Gasteiger partial charge >= 0.3 is 0 Å². The van der Waals surface area contributed by atoms with E-state index in [1.807, 2.05) is 20.8 Å². The molecule has 15 heavy (non-hydrogen) atoms. The molecule has 0 aromatic rings. The molecule has 0 aliphatic rings. The van der Waals surface area contributed by atoms with Crippen LogP contribution in [0.3, 0.4) is 0 Å². The summed E-state index contributed by atoms with van der Waals surface area (Å²) in [6.07, 6.45) is 2.13. The molecule has 0 spiro atoms. The first kappa shape index (κ1) is 14.4. The molecule has 0 aromatic heterocycles. The van der Waals surface area contributed by atoms with E-state index < -0.39 is 0 Å². The smallest absolute Gasteiger partial charge is 0.219 e. The fourth-order valence-corrected chi connectivity index (χ4v) is 1.21. The summed E-state index contributed by atoms with van der Waals surface area (Å²) in [4.78, 5) is 10.9. The van der Waals surface area contributed by atoms with Crippen molar-refractivity contribution in [3.63, 3.8) is 0 Å². The van der Waals surface area contributed by atoms with E-state index in [-0.39, 0.29) is 12.2 Å². The van der Waals surface area contributed by atoms with Crippen LogP contribution in [0.15, 0.2) is 0 Å². The molecule has 0 aliphatic carbocycles. The maximum atomic E-state index is 10.9. The highest BCUT2D eigenvalue weighted by Gasteiger charge is 2.07. The van der Waals surface area contributed by atoms with E-state index in [0.717, 1.165) is 12.8 Å². The summed E-state index contributed by atoms with van der Waals surface area (Å²) >= 11 is 0. The molecule has 0 aromatic carbocycles. The summed E-state index contributed by atoms with van der Waals surface area (Å²) in [6, 6.07) is 0. The zero-order valence-corrected chi connectivity index (χ0v) is 10.0. The van der Waals surface area contributed by atoms with Gasteiger partial charge in [0.25, 0.3) is 0 Å². The van der Waals surface area contributed by atoms with Crippen molar-refractivity contribution in [2.24, 2.45) is 0 Å². The van der Waals surface area contributed by atoms with Crippen LogP contribution in [0.5, 0.6) is 0 Å². The number of hydrogen-bond donors (Lipinski definition) is 1. The van der Waals surface area contributed by atoms with Gasteiger partial charge in [-0.05, 0) is 20.3 Å². The predicted molar refractivity (Wildman–Crippen MR) is 59.6 cm³/mol. The number of carbonyl (C=O) groups is 1. The molecule has 1 amide bonds. The molecule has 4 heteroatoms. The summed E-state index contributed by atoms with van der Waals surface area (Å²) in [5, 5.41) is 2.82. The second-order valence-electron chi connectivity index (χ2n) is 3.19. The van der Waals surface area contributed by atoms with Crippen LogP contribution in [0.1, 0.15) is 40.0 Å². The van der Waals surface area contributed by atoms with Crippen molar-refractivity contribution in [3.8, 4) is 0 Å². The van der Waals surface area contributed by atoms with Crippen LogP contribution in [-0.4, -0.2) is 32.0 Å². The highest BCUT2D eigenvalue weighted by molar-refractivity contribution is 5.75. The highest BCUT2D eigenvalue weighted by atomic mass is 16.7. The van der Waals surface area contributed by atoms with E-state index in [1.165, 1.54) is 0 Å². The lowest BCUT2D eigenvalue weighted by atomic mass is 10.3. The van der Waals surface area contributed by atoms with Crippen molar-refractivity contribution in [1.29, 1.82) is 0 Å². The van der Waals surface area contributed by atoms with Crippen LogP contribution in [0.2, 0.25) is 0 Å². The molecule has 0 radical (unpaired) electrons. The summed E-state index contributed by atoms with van der Waals surface area (Å²) in [5.74, 6) is 0.0966. The zero-order chi connectivity index (χ0) is 11.5. The van der Waals surface area contributed by atoms with Crippen molar-refractivity contribution in [3.05, 3.63) is 0 Å². The third-order valence-corrected chi connectivity index (χ3v) is 1.97. The fraction of sp³-hybridized carbons (Fsp3) is 0.909. The molecule has 0 unspecified atom stereocenters. The first-order valence-corrected chi connectivity index (χ1v) is 5.74. The number of ether oxygens (including phenoxy) is 2. The minimum absolute atomic E-state index is 0.0966. The van der Waals surface area contributed by atoms with Gasteiger partial charge < -0.3 is 14.8 Å². The van der Waals surface area contributed by atoms with Crippen LogP contribution < -0.4 is 5.32 Å². The quantitative estimate of drug-likeness (QED) is 0.472. The lowest BCUT2D eigenvalue weighted by molar-refractivity contribution is -0.140. The van der Waals surface area contributed by atoms with Gasteiger partial charge in [-0.25, -0.2) is 0 Å². The Balaban J connectivity index is 3.48. The molecule has 4 nitrogen and oxygen atoms in total. The molecular weight excluding hydrogens is 194 g/mol. The van der Waals surface area contributed by atoms with Gasteiger partial charge in [-0.1, -0.05) is 6.92 Å². The van der Waals surface area contributed by atoms with Crippen molar-refractivity contribution in [1.82, 2.24) is 5.32 Å². The van der Waals surface area contributed by atoms with Gasteiger partial charge in [0.2, 0.25) is 5.91 Å². The molecule has 0 heterocycles. The number of amides is 1. The van der Waals surface area contributed by atoms with Crippen molar-refractivity contribution < 1.29 is 14.3 Å². The van der Waals surface area contributed by atoms with Crippen LogP contribution in [0.4, 0.5) is 0 Å². The Labute approximate surface area is 92.3 Å². The Morgan fingerprint density at radius 1 is 1.20 bits per heavy atom. The zero-order valence-electron chi connectivity index (χ0n) is 10.0. The minimum Gasteiger partial charge on any atom is -0.356 e. The normalized spacial score (nSPS) is 10.7. The molecule has 0 saturated carbocycles. The molecule has 1 N–H and O–H groups in total. The van der Waals surface area contributed by atoms with Gasteiger partial charge in [-0.2, -0.15) is 0 Å². The topological polar surface area (TPSA) is 47.6 Å². The van der Waals surface area contributed by atoms with Gasteiger partial charge in [0.1, 0.15) is 0 Å². The standard InChI is InChI=1S/C11H23NO3/c1-4-10(13)12-9-7-8-11(14-5-2)15-6-3/h11H,4-9H2,1-3H3,(H,12,13). The Hall–Kier alpha value is -0.610. The number of hydrogen-bond acceptors (Lipinski definition) is 3. The van der Waals surface area contributed by atoms with Crippen LogP contribution in [0.25, 0.3) is 0 Å². The second-order valence-corrected chi connectivity index (χ2v) is 3.19. The fourth-order valence-electron chi connectivity index (χ4n) is 1.21. The van der Waals surface area contributed by atoms with Crippen LogP contribution >= 0.6 is 0 Å². The molecule has 0 aliphatic heterocycles. The second kappa shape index (κ2) is 9.93. The Morgan fingerprint density at radius 3 is 2.27 bits per heavy atom. The molecular formula is C11H23NO3. The number of rotatable bonds is 9. The molecule has 90 valence electrons. The lowest BCUT2D eigenvalue weighted by Gasteiger charge is -2.16. The minimum atomic E-state index is -0.126. The van der Waals surface area contributed by atoms with E-state index in [1.54, 1.807) is 0 Å². The van der Waals surface area contributed by atoms with Crippen LogP contribution in [-0.2, 0) is 14.3 Å². The number of nitrogens with one attached hydrogen (secondary N) is 1. The molecule has 0 bridgehead atoms. The molecule has 0 atom stereocenters. The average molecular weight is 217 g/mol. The first-order chi connectivity index (χ1) is 7.24. The van der Waals surface area contributed by atoms with Gasteiger partial charge in [0.15, 0.2) is 6.29 Å². The molecule has 0 rings (SSSR count). The van der Waals surface area contributed by atoms with Gasteiger partial charge in [-0.3, -0.25) is 4.79 Å². The van der Waals surface area contributed by atoms with Gasteiger partial charge in [0.05, 0.1) is 0 Å². The van der Waals surface area contributed by atoms with Crippen molar-refractivity contribution >= 4 is 5.91 Å². The summed E-state index contributed by atoms with van der Waals surface area (Å²) in [6.45, 7) is 7.76. The van der Waals surface area contributed by atoms with E-state index in [0.29, 0.717) is 26.2 Å².